The molecule has 1 N–H and O–H groups in total. The summed E-state index contributed by atoms with van der Waals surface area (Å²) >= 11 is 7.14. The van der Waals surface area contributed by atoms with E-state index < -0.39 is 0 Å². The second-order valence-corrected chi connectivity index (χ2v) is 8.10. The fourth-order valence-electron chi connectivity index (χ4n) is 3.41. The van der Waals surface area contributed by atoms with Crippen molar-refractivity contribution in [2.45, 2.75) is 13.1 Å². The summed E-state index contributed by atoms with van der Waals surface area (Å²) in [6, 6.07) is 12.5. The topological polar surface area (TPSA) is 108 Å². The van der Waals surface area contributed by atoms with E-state index in [4.69, 9.17) is 11.6 Å². The van der Waals surface area contributed by atoms with Crippen molar-refractivity contribution in [2.75, 3.05) is 6.54 Å². The number of nitrogens with one attached hydrogen (secondary N) is 1. The SMILES string of the molecule is O=C(NCCn1ncc2c(=O)n(Cc3cccc(Cl)c3)cnc21)c1ccc2nsnc2c1. The van der Waals surface area contributed by atoms with Gasteiger partial charge in [0.1, 0.15) is 22.7 Å². The first-order chi connectivity index (χ1) is 15.6. The molecule has 9 nitrogen and oxygen atoms in total. The summed E-state index contributed by atoms with van der Waals surface area (Å²) in [7, 11) is 0. The Kier molecular flexibility index (Phi) is 5.38. The van der Waals surface area contributed by atoms with Gasteiger partial charge in [-0.2, -0.15) is 13.8 Å². The molecule has 32 heavy (non-hydrogen) atoms. The Morgan fingerprint density at radius 2 is 2.00 bits per heavy atom. The molecular weight excluding hydrogens is 450 g/mol. The van der Waals surface area contributed by atoms with Gasteiger partial charge in [-0.1, -0.05) is 23.7 Å². The van der Waals surface area contributed by atoms with Crippen molar-refractivity contribution in [1.29, 1.82) is 0 Å². The molecule has 3 heterocycles. The molecule has 0 aliphatic carbocycles. The summed E-state index contributed by atoms with van der Waals surface area (Å²) in [5.74, 6) is -0.215. The lowest BCUT2D eigenvalue weighted by molar-refractivity contribution is 0.0952. The highest BCUT2D eigenvalue weighted by Crippen LogP contribution is 2.14. The fraction of sp³-hybridized carbons (Fsp3) is 0.143. The Hall–Kier alpha value is -3.63. The van der Waals surface area contributed by atoms with Gasteiger partial charge >= 0.3 is 0 Å². The van der Waals surface area contributed by atoms with Crippen LogP contribution in [0.15, 0.2) is 59.8 Å². The van der Waals surface area contributed by atoms with Crippen LogP contribution in [-0.4, -0.2) is 40.5 Å². The minimum atomic E-state index is -0.215. The number of carbonyl (C=O) groups is 1. The summed E-state index contributed by atoms with van der Waals surface area (Å²) in [4.78, 5) is 29.7. The Labute approximate surface area is 190 Å². The first-order valence-electron chi connectivity index (χ1n) is 9.74. The monoisotopic (exact) mass is 465 g/mol. The first-order valence-corrected chi connectivity index (χ1v) is 10.9. The van der Waals surface area contributed by atoms with Crippen LogP contribution in [0.3, 0.4) is 0 Å². The Bertz CT molecular complexity index is 1510. The van der Waals surface area contributed by atoms with Crippen molar-refractivity contribution in [3.63, 3.8) is 0 Å². The van der Waals surface area contributed by atoms with E-state index in [2.05, 4.69) is 24.1 Å². The predicted octanol–water partition coefficient (Wildman–Crippen LogP) is 2.73. The Morgan fingerprint density at radius 3 is 2.88 bits per heavy atom. The van der Waals surface area contributed by atoms with E-state index in [1.165, 1.54) is 17.1 Å². The molecule has 2 aromatic carbocycles. The molecule has 0 fully saturated rings. The summed E-state index contributed by atoms with van der Waals surface area (Å²) in [5, 5.41) is 8.16. The number of fused-ring (bicyclic) bond motifs is 2. The van der Waals surface area contributed by atoms with Crippen LogP contribution in [0.4, 0.5) is 0 Å². The molecule has 0 radical (unpaired) electrons. The van der Waals surface area contributed by atoms with Gasteiger partial charge in [-0.05, 0) is 35.9 Å². The summed E-state index contributed by atoms with van der Waals surface area (Å²) in [6.45, 7) is 1.07. The largest absolute Gasteiger partial charge is 0.350 e. The van der Waals surface area contributed by atoms with Crippen LogP contribution < -0.4 is 10.9 Å². The van der Waals surface area contributed by atoms with Crippen LogP contribution in [0.2, 0.25) is 5.02 Å². The van der Waals surface area contributed by atoms with Gasteiger partial charge in [0.05, 0.1) is 31.0 Å². The van der Waals surface area contributed by atoms with Gasteiger partial charge in [0, 0.05) is 17.1 Å². The van der Waals surface area contributed by atoms with Gasteiger partial charge < -0.3 is 5.32 Å². The molecule has 0 aliphatic heterocycles. The maximum absolute atomic E-state index is 12.8. The van der Waals surface area contributed by atoms with Gasteiger partial charge in [-0.15, -0.1) is 0 Å². The number of hydrogen-bond acceptors (Lipinski definition) is 7. The van der Waals surface area contributed by atoms with Crippen molar-refractivity contribution in [2.24, 2.45) is 0 Å². The molecule has 1 amide bonds. The molecule has 0 saturated carbocycles. The standard InChI is InChI=1S/C21H16ClN7O2S/c22-15-3-1-2-13(8-15)11-28-12-24-19-16(21(28)31)10-25-29(19)7-6-23-20(30)14-4-5-17-18(9-14)27-32-26-17/h1-5,8-10,12H,6-7,11H2,(H,23,30). The van der Waals surface area contributed by atoms with E-state index in [-0.39, 0.29) is 11.5 Å². The molecule has 5 rings (SSSR count). The summed E-state index contributed by atoms with van der Waals surface area (Å²) in [5.41, 5.74) is 3.16. The molecule has 0 atom stereocenters. The molecule has 0 bridgehead atoms. The van der Waals surface area contributed by atoms with Crippen molar-refractivity contribution in [3.8, 4) is 0 Å². The number of aromatic nitrogens is 6. The van der Waals surface area contributed by atoms with Crippen molar-refractivity contribution >= 4 is 51.3 Å². The van der Waals surface area contributed by atoms with Crippen molar-refractivity contribution < 1.29 is 4.79 Å². The van der Waals surface area contributed by atoms with Crippen LogP contribution in [0.5, 0.6) is 0 Å². The maximum Gasteiger partial charge on any atom is 0.264 e. The molecule has 5 aromatic rings. The van der Waals surface area contributed by atoms with Crippen LogP contribution in [0.1, 0.15) is 15.9 Å². The van der Waals surface area contributed by atoms with E-state index in [0.29, 0.717) is 46.8 Å². The number of hydrogen-bond donors (Lipinski definition) is 1. The van der Waals surface area contributed by atoms with E-state index in [0.717, 1.165) is 22.8 Å². The Balaban J connectivity index is 1.28. The summed E-state index contributed by atoms with van der Waals surface area (Å²) < 4.78 is 11.4. The fourth-order valence-corrected chi connectivity index (χ4v) is 4.14. The quantitative estimate of drug-likeness (QED) is 0.413. The van der Waals surface area contributed by atoms with Gasteiger partial charge in [0.25, 0.3) is 11.5 Å². The third kappa shape index (κ3) is 3.97. The molecule has 11 heteroatoms. The number of halogens is 1. The average molecular weight is 466 g/mol. The minimum Gasteiger partial charge on any atom is -0.350 e. The highest BCUT2D eigenvalue weighted by Gasteiger charge is 2.12. The summed E-state index contributed by atoms with van der Waals surface area (Å²) in [6.07, 6.45) is 3.00. The van der Waals surface area contributed by atoms with E-state index in [1.54, 1.807) is 28.9 Å². The zero-order valence-electron chi connectivity index (χ0n) is 16.6. The Morgan fingerprint density at radius 1 is 1.12 bits per heavy atom. The van der Waals surface area contributed by atoms with Gasteiger partial charge in [0.2, 0.25) is 0 Å². The number of benzene rings is 2. The number of nitrogens with zero attached hydrogens (tertiary/aromatic N) is 6. The lowest BCUT2D eigenvalue weighted by Gasteiger charge is -2.08. The molecule has 0 aliphatic rings. The predicted molar refractivity (Wildman–Crippen MR) is 122 cm³/mol. The number of carbonyl (C=O) groups excluding carboxylic acids is 1. The second-order valence-electron chi connectivity index (χ2n) is 7.14. The lowest BCUT2D eigenvalue weighted by Crippen LogP contribution is -2.27. The minimum absolute atomic E-state index is 0.185. The second kappa shape index (κ2) is 8.48. The maximum atomic E-state index is 12.8. The van der Waals surface area contributed by atoms with Crippen molar-refractivity contribution in [1.82, 2.24) is 33.4 Å². The normalized spacial score (nSPS) is 11.3. The third-order valence-electron chi connectivity index (χ3n) is 4.99. The molecule has 160 valence electrons. The van der Waals surface area contributed by atoms with Crippen LogP contribution in [-0.2, 0) is 13.1 Å². The molecule has 0 unspecified atom stereocenters. The molecule has 3 aromatic heterocycles. The van der Waals surface area contributed by atoms with Gasteiger partial charge in [0.15, 0.2) is 5.65 Å². The van der Waals surface area contributed by atoms with Crippen LogP contribution in [0.25, 0.3) is 22.1 Å². The third-order valence-corrected chi connectivity index (χ3v) is 5.78. The van der Waals surface area contributed by atoms with Crippen LogP contribution >= 0.6 is 23.3 Å². The molecular formula is C21H16ClN7O2S. The lowest BCUT2D eigenvalue weighted by atomic mass is 10.2. The zero-order valence-corrected chi connectivity index (χ0v) is 18.2. The van der Waals surface area contributed by atoms with Gasteiger partial charge in [-0.3, -0.25) is 14.2 Å². The zero-order chi connectivity index (χ0) is 22.1. The molecule has 0 spiro atoms. The van der Waals surface area contributed by atoms with E-state index in [9.17, 15) is 9.59 Å². The highest BCUT2D eigenvalue weighted by molar-refractivity contribution is 7.00. The van der Waals surface area contributed by atoms with Gasteiger partial charge in [-0.25, -0.2) is 9.67 Å². The van der Waals surface area contributed by atoms with E-state index >= 15 is 0 Å². The molecule has 0 saturated heterocycles. The smallest absolute Gasteiger partial charge is 0.264 e. The highest BCUT2D eigenvalue weighted by atomic mass is 35.5. The number of rotatable bonds is 6. The van der Waals surface area contributed by atoms with E-state index in [1.807, 2.05) is 18.2 Å². The first kappa shape index (κ1) is 20.3. The average Bonchev–Trinajstić information content (AvgIpc) is 3.42. The van der Waals surface area contributed by atoms with Crippen molar-refractivity contribution in [3.05, 3.63) is 81.5 Å². The number of amides is 1. The van der Waals surface area contributed by atoms with Crippen LogP contribution in [0, 0.1) is 0 Å².